The zero-order chi connectivity index (χ0) is 11.4. The Hall–Kier alpha value is -1.59. The van der Waals surface area contributed by atoms with Crippen LogP contribution in [0.25, 0.3) is 0 Å². The molecule has 0 bridgehead atoms. The highest BCUT2D eigenvalue weighted by Crippen LogP contribution is 2.25. The number of carboxylic acids is 1. The van der Waals surface area contributed by atoms with Crippen molar-refractivity contribution in [3.8, 4) is 0 Å². The van der Waals surface area contributed by atoms with Crippen LogP contribution in [-0.2, 0) is 23.9 Å². The molecule has 80 valence electrons. The Balaban J connectivity index is 5.30. The Bertz CT molecular complexity index is 241. The van der Waals surface area contributed by atoms with Gasteiger partial charge in [-0.3, -0.25) is 14.4 Å². The van der Waals surface area contributed by atoms with Crippen LogP contribution in [0.4, 0.5) is 0 Å². The fourth-order valence-electron chi connectivity index (χ4n) is 1.05. The van der Waals surface area contributed by atoms with E-state index in [1.165, 1.54) is 6.92 Å². The smallest absolute Gasteiger partial charge is 0.334 e. The second-order valence-corrected chi connectivity index (χ2v) is 2.55. The van der Waals surface area contributed by atoms with E-state index in [-0.39, 0.29) is 6.42 Å². The average molecular weight is 204 g/mol. The van der Waals surface area contributed by atoms with Gasteiger partial charge in [0.25, 0.3) is 5.41 Å². The van der Waals surface area contributed by atoms with Crippen LogP contribution in [0.15, 0.2) is 0 Å². The number of carbonyl (C=O) groups is 3. The molecule has 0 aromatic rings. The molecule has 0 atom stereocenters. The van der Waals surface area contributed by atoms with E-state index in [0.717, 1.165) is 14.2 Å². The number of rotatable bonds is 4. The lowest BCUT2D eigenvalue weighted by atomic mass is 9.85. The number of ether oxygens (including phenoxy) is 2. The number of hydrogen-bond donors (Lipinski definition) is 1. The van der Waals surface area contributed by atoms with Crippen molar-refractivity contribution < 1.29 is 29.0 Å². The molecule has 0 heterocycles. The standard InChI is InChI=1S/C8H12O6/c1-4-8(5(9)10,6(11)13-2)7(12)14-3/h4H2,1-3H3,(H,9,10). The molecule has 6 nitrogen and oxygen atoms in total. The van der Waals surface area contributed by atoms with E-state index in [9.17, 15) is 14.4 Å². The normalized spacial score (nSPS) is 10.5. The molecule has 1 N–H and O–H groups in total. The highest BCUT2D eigenvalue weighted by atomic mass is 16.5. The monoisotopic (exact) mass is 204 g/mol. The third-order valence-electron chi connectivity index (χ3n) is 1.96. The van der Waals surface area contributed by atoms with Gasteiger partial charge in [-0.25, -0.2) is 0 Å². The molecule has 0 rings (SSSR count). The number of aliphatic carboxylic acids is 1. The molecule has 0 spiro atoms. The molecule has 0 aromatic heterocycles. The third-order valence-corrected chi connectivity index (χ3v) is 1.96. The van der Waals surface area contributed by atoms with E-state index < -0.39 is 23.3 Å². The van der Waals surface area contributed by atoms with Crippen molar-refractivity contribution in [3.63, 3.8) is 0 Å². The fourth-order valence-corrected chi connectivity index (χ4v) is 1.05. The zero-order valence-corrected chi connectivity index (χ0v) is 8.20. The van der Waals surface area contributed by atoms with Gasteiger partial charge in [0.15, 0.2) is 0 Å². The molecule has 0 amide bonds. The van der Waals surface area contributed by atoms with E-state index in [1.807, 2.05) is 0 Å². The maximum absolute atomic E-state index is 11.2. The van der Waals surface area contributed by atoms with Gasteiger partial charge in [0, 0.05) is 0 Å². The van der Waals surface area contributed by atoms with Gasteiger partial charge in [-0.15, -0.1) is 0 Å². The summed E-state index contributed by atoms with van der Waals surface area (Å²) < 4.78 is 8.54. The predicted octanol–water partition coefficient (Wildman–Crippen LogP) is -0.187. The summed E-state index contributed by atoms with van der Waals surface area (Å²) in [6, 6.07) is 0. The molecule has 0 aromatic carbocycles. The fraction of sp³-hybridized carbons (Fsp3) is 0.625. The predicted molar refractivity (Wildman–Crippen MR) is 44.4 cm³/mol. The van der Waals surface area contributed by atoms with Crippen molar-refractivity contribution >= 4 is 17.9 Å². The van der Waals surface area contributed by atoms with Gasteiger partial charge in [-0.2, -0.15) is 0 Å². The Morgan fingerprint density at radius 1 is 1.14 bits per heavy atom. The lowest BCUT2D eigenvalue weighted by molar-refractivity contribution is -0.179. The molecular weight excluding hydrogens is 192 g/mol. The van der Waals surface area contributed by atoms with Crippen LogP contribution < -0.4 is 0 Å². The number of hydrogen-bond acceptors (Lipinski definition) is 5. The zero-order valence-electron chi connectivity index (χ0n) is 8.20. The van der Waals surface area contributed by atoms with Crippen molar-refractivity contribution in [2.24, 2.45) is 5.41 Å². The minimum absolute atomic E-state index is 0.221. The maximum atomic E-state index is 11.2. The van der Waals surface area contributed by atoms with Crippen molar-refractivity contribution in [2.75, 3.05) is 14.2 Å². The van der Waals surface area contributed by atoms with Crippen LogP contribution in [0.5, 0.6) is 0 Å². The summed E-state index contributed by atoms with van der Waals surface area (Å²) >= 11 is 0. The Kier molecular flexibility index (Phi) is 4.07. The summed E-state index contributed by atoms with van der Waals surface area (Å²) in [4.78, 5) is 33.3. The number of carboxylic acid groups (broad SMARTS) is 1. The van der Waals surface area contributed by atoms with Gasteiger partial charge in [0.1, 0.15) is 0 Å². The van der Waals surface area contributed by atoms with Crippen LogP contribution in [0.3, 0.4) is 0 Å². The van der Waals surface area contributed by atoms with E-state index in [4.69, 9.17) is 5.11 Å². The highest BCUT2D eigenvalue weighted by Gasteiger charge is 2.54. The topological polar surface area (TPSA) is 89.9 Å². The van der Waals surface area contributed by atoms with E-state index in [1.54, 1.807) is 0 Å². The molecule has 0 radical (unpaired) electrons. The first-order valence-corrected chi connectivity index (χ1v) is 3.87. The van der Waals surface area contributed by atoms with Gasteiger partial charge in [-0.1, -0.05) is 6.92 Å². The second-order valence-electron chi connectivity index (χ2n) is 2.55. The summed E-state index contributed by atoms with van der Waals surface area (Å²) in [5, 5.41) is 8.83. The van der Waals surface area contributed by atoms with Crippen molar-refractivity contribution in [1.82, 2.24) is 0 Å². The molecule has 0 aliphatic carbocycles. The largest absolute Gasteiger partial charge is 0.480 e. The molecule has 6 heteroatoms. The van der Waals surface area contributed by atoms with Crippen LogP contribution in [0, 0.1) is 5.41 Å². The molecule has 0 saturated carbocycles. The first kappa shape index (κ1) is 12.4. The molecule has 0 aliphatic heterocycles. The average Bonchev–Trinajstić information content (AvgIpc) is 2.18. The number of esters is 2. The van der Waals surface area contributed by atoms with Gasteiger partial charge in [0.2, 0.25) is 0 Å². The number of methoxy groups -OCH3 is 2. The summed E-state index contributed by atoms with van der Waals surface area (Å²) in [5.41, 5.74) is -2.25. The SMILES string of the molecule is CCC(C(=O)O)(C(=O)OC)C(=O)OC. The molecule has 14 heavy (non-hydrogen) atoms. The lowest BCUT2D eigenvalue weighted by Gasteiger charge is -2.21. The third kappa shape index (κ3) is 1.68. The minimum atomic E-state index is -2.25. The van der Waals surface area contributed by atoms with E-state index >= 15 is 0 Å². The summed E-state index contributed by atoms with van der Waals surface area (Å²) in [5.74, 6) is -3.82. The van der Waals surface area contributed by atoms with Crippen LogP contribution in [0.1, 0.15) is 13.3 Å². The summed E-state index contributed by atoms with van der Waals surface area (Å²) in [6.45, 7) is 1.39. The van der Waals surface area contributed by atoms with E-state index in [2.05, 4.69) is 9.47 Å². The van der Waals surface area contributed by atoms with Gasteiger partial charge in [0.05, 0.1) is 14.2 Å². The highest BCUT2D eigenvalue weighted by molar-refractivity contribution is 6.17. The quantitative estimate of drug-likeness (QED) is 0.504. The molecule has 0 unspecified atom stereocenters. The van der Waals surface area contributed by atoms with Crippen molar-refractivity contribution in [2.45, 2.75) is 13.3 Å². The Morgan fingerprint density at radius 2 is 1.50 bits per heavy atom. The van der Waals surface area contributed by atoms with Crippen molar-refractivity contribution in [3.05, 3.63) is 0 Å². The first-order chi connectivity index (χ1) is 6.47. The van der Waals surface area contributed by atoms with Crippen LogP contribution >= 0.6 is 0 Å². The summed E-state index contributed by atoms with van der Waals surface area (Å²) in [7, 11) is 2.03. The van der Waals surface area contributed by atoms with Crippen molar-refractivity contribution in [1.29, 1.82) is 0 Å². The molecule has 0 fully saturated rings. The van der Waals surface area contributed by atoms with Gasteiger partial charge < -0.3 is 14.6 Å². The second kappa shape index (κ2) is 4.59. The number of carbonyl (C=O) groups excluding carboxylic acids is 2. The maximum Gasteiger partial charge on any atom is 0.334 e. The summed E-state index contributed by atoms with van der Waals surface area (Å²) in [6.07, 6.45) is -0.221. The molecule has 0 aliphatic rings. The minimum Gasteiger partial charge on any atom is -0.480 e. The van der Waals surface area contributed by atoms with Gasteiger partial charge in [-0.05, 0) is 6.42 Å². The van der Waals surface area contributed by atoms with Gasteiger partial charge >= 0.3 is 17.9 Å². The van der Waals surface area contributed by atoms with Crippen LogP contribution in [-0.4, -0.2) is 37.2 Å². The first-order valence-electron chi connectivity index (χ1n) is 3.87. The molecule has 0 saturated heterocycles. The van der Waals surface area contributed by atoms with E-state index in [0.29, 0.717) is 0 Å². The lowest BCUT2D eigenvalue weighted by Crippen LogP contribution is -2.47. The Labute approximate surface area is 80.8 Å². The van der Waals surface area contributed by atoms with Crippen LogP contribution in [0.2, 0.25) is 0 Å². The molecular formula is C8H12O6. The Morgan fingerprint density at radius 3 is 1.64 bits per heavy atom.